The predicted molar refractivity (Wildman–Crippen MR) is 202 cm³/mol. The van der Waals surface area contributed by atoms with Crippen LogP contribution in [0.5, 0.6) is 11.5 Å². The minimum atomic E-state index is 0.303. The van der Waals surface area contributed by atoms with Crippen LogP contribution in [0.25, 0.3) is 56.2 Å². The first kappa shape index (κ1) is 31.9. The number of imidazole rings is 2. The molecule has 0 atom stereocenters. The van der Waals surface area contributed by atoms with Crippen LogP contribution in [0.4, 0.5) is 11.4 Å². The summed E-state index contributed by atoms with van der Waals surface area (Å²) in [7, 11) is 0. The molecule has 0 amide bonds. The molecule has 0 spiro atoms. The number of hydrogen-bond acceptors (Lipinski definition) is 8. The molecule has 6 N–H and O–H groups in total. The van der Waals surface area contributed by atoms with Gasteiger partial charge in [0.25, 0.3) is 0 Å². The number of aromatic amines is 2. The van der Waals surface area contributed by atoms with Crippen molar-refractivity contribution < 1.29 is 18.8 Å². The van der Waals surface area contributed by atoms with Crippen LogP contribution in [0.2, 0.25) is 0 Å². The Morgan fingerprint density at radius 2 is 0.942 bits per heavy atom. The number of fused-ring (bicyclic) bond motifs is 2. The van der Waals surface area contributed by atoms with Gasteiger partial charge in [-0.1, -0.05) is 21.5 Å². The maximum atomic E-state index is 6.08. The van der Waals surface area contributed by atoms with Crippen molar-refractivity contribution in [3.05, 3.63) is 133 Å². The van der Waals surface area contributed by atoms with E-state index in [0.29, 0.717) is 13.2 Å². The summed E-state index contributed by atoms with van der Waals surface area (Å²) in [6.45, 7) is 8.07. The molecule has 0 radical (unpaired) electrons. The quantitative estimate of drug-likeness (QED) is 0.0499. The summed E-state index contributed by atoms with van der Waals surface area (Å²) in [4.78, 5) is 25.7. The van der Waals surface area contributed by atoms with Gasteiger partial charge in [0.15, 0.2) is 13.4 Å². The highest BCUT2D eigenvalue weighted by Gasteiger charge is 2.12. The molecule has 0 fully saturated rings. The summed E-state index contributed by atoms with van der Waals surface area (Å²) in [5, 5.41) is 0. The van der Waals surface area contributed by atoms with Gasteiger partial charge in [-0.2, -0.15) is 0 Å². The highest BCUT2D eigenvalue weighted by Crippen LogP contribution is 2.27. The van der Waals surface area contributed by atoms with Gasteiger partial charge in [0, 0.05) is 35.4 Å². The number of nitrogens with one attached hydrogen (secondary N) is 2. The third-order valence-corrected chi connectivity index (χ3v) is 8.50. The van der Waals surface area contributed by atoms with Gasteiger partial charge < -0.3 is 19.4 Å². The van der Waals surface area contributed by atoms with Gasteiger partial charge in [-0.05, 0) is 84.9 Å². The van der Waals surface area contributed by atoms with Crippen molar-refractivity contribution >= 4 is 46.9 Å². The number of benzene rings is 4. The first-order valence-electron chi connectivity index (χ1n) is 16.4. The number of aromatic nitrogens is 6. The molecule has 0 aliphatic carbocycles. The molecule has 52 heavy (non-hydrogen) atoms. The SMILES string of the molecule is C=[N+](N)c1ccc2nc(-c3ccc(OCc4cccc(-c5cccc(COc6ccc(-c7nc8ccc([N+](=C)N)cc8[nH]7)cc6)n5)n4)cc3)[nH]c2c1. The van der Waals surface area contributed by atoms with Crippen molar-refractivity contribution in [1.82, 2.24) is 29.9 Å². The fourth-order valence-corrected chi connectivity index (χ4v) is 5.76. The van der Waals surface area contributed by atoms with E-state index in [1.165, 1.54) is 9.37 Å². The van der Waals surface area contributed by atoms with E-state index in [4.69, 9.17) is 41.1 Å². The van der Waals surface area contributed by atoms with Crippen molar-refractivity contribution in [3.63, 3.8) is 0 Å². The van der Waals surface area contributed by atoms with E-state index in [1.54, 1.807) is 0 Å². The van der Waals surface area contributed by atoms with Gasteiger partial charge in [-0.25, -0.2) is 31.6 Å². The van der Waals surface area contributed by atoms with E-state index in [9.17, 15) is 0 Å². The van der Waals surface area contributed by atoms with E-state index in [2.05, 4.69) is 23.4 Å². The van der Waals surface area contributed by atoms with E-state index in [1.807, 2.05) is 121 Å². The lowest BCUT2D eigenvalue weighted by atomic mass is 10.2. The summed E-state index contributed by atoms with van der Waals surface area (Å²) in [5.41, 5.74) is 9.97. The van der Waals surface area contributed by atoms with Crippen molar-refractivity contribution in [3.8, 4) is 45.7 Å². The number of pyridine rings is 2. The number of nitrogens with zero attached hydrogens (tertiary/aromatic N) is 6. The Labute approximate surface area is 298 Å². The summed E-state index contributed by atoms with van der Waals surface area (Å²) < 4.78 is 14.8. The molecular formula is C40H34N10O2+2. The summed E-state index contributed by atoms with van der Waals surface area (Å²) in [6, 6.07) is 38.6. The average Bonchev–Trinajstić information content (AvgIpc) is 3.81. The van der Waals surface area contributed by atoms with Crippen molar-refractivity contribution in [2.75, 3.05) is 0 Å². The number of nitrogens with two attached hydrogens (primary N) is 2. The summed E-state index contributed by atoms with van der Waals surface area (Å²) in [6.07, 6.45) is 0. The number of rotatable bonds is 11. The minimum Gasteiger partial charge on any atom is -0.487 e. The Morgan fingerprint density at radius 1 is 0.519 bits per heavy atom. The van der Waals surface area contributed by atoms with Crippen LogP contribution in [0.3, 0.4) is 0 Å². The molecular weight excluding hydrogens is 653 g/mol. The second kappa shape index (κ2) is 13.5. The Morgan fingerprint density at radius 3 is 1.35 bits per heavy atom. The highest BCUT2D eigenvalue weighted by atomic mass is 16.5. The standard InChI is InChI=1S/C40H34N10O2/c1-49(41)29-13-19-35-37(21-29)47-39(45-35)25-9-15-31(16-10-25)51-23-27-5-3-7-33(43-27)34-8-4-6-28(44-34)24-52-32-17-11-26(12-18-32)40-46-36-20-14-30(50(2)42)22-38(36)48-40/h3-22H,1-2,23-24,41-42H2,(H,45,47)(H,46,48)/q+2. The van der Waals surface area contributed by atoms with Crippen LogP contribution in [0.1, 0.15) is 11.4 Å². The third-order valence-electron chi connectivity index (χ3n) is 8.50. The minimum absolute atomic E-state index is 0.303. The first-order valence-corrected chi connectivity index (χ1v) is 16.4. The van der Waals surface area contributed by atoms with Crippen molar-refractivity contribution in [2.24, 2.45) is 11.7 Å². The van der Waals surface area contributed by atoms with E-state index >= 15 is 0 Å². The molecule has 12 nitrogen and oxygen atoms in total. The van der Waals surface area contributed by atoms with Crippen LogP contribution >= 0.6 is 0 Å². The molecule has 4 aromatic carbocycles. The maximum absolute atomic E-state index is 6.08. The Kier molecular flexibility index (Phi) is 8.29. The monoisotopic (exact) mass is 686 g/mol. The number of hydrazine groups is 2. The van der Waals surface area contributed by atoms with Crippen molar-refractivity contribution in [1.29, 1.82) is 0 Å². The van der Waals surface area contributed by atoms with E-state index < -0.39 is 0 Å². The predicted octanol–water partition coefficient (Wildman–Crippen LogP) is 6.82. The normalized spacial score (nSPS) is 11.2. The number of hydrogen-bond donors (Lipinski definition) is 4. The molecule has 4 heterocycles. The molecule has 12 heteroatoms. The average molecular weight is 687 g/mol. The molecule has 0 saturated carbocycles. The fourth-order valence-electron chi connectivity index (χ4n) is 5.76. The lowest BCUT2D eigenvalue weighted by Crippen LogP contribution is -2.09. The molecule has 0 saturated heterocycles. The second-order valence-corrected chi connectivity index (χ2v) is 12.2. The zero-order valence-corrected chi connectivity index (χ0v) is 28.0. The van der Waals surface area contributed by atoms with Crippen LogP contribution in [-0.2, 0) is 13.2 Å². The largest absolute Gasteiger partial charge is 0.487 e. The molecule has 0 aliphatic heterocycles. The maximum Gasteiger partial charge on any atom is 0.236 e. The van der Waals surface area contributed by atoms with Gasteiger partial charge in [0.1, 0.15) is 36.4 Å². The molecule has 8 rings (SSSR count). The van der Waals surface area contributed by atoms with Crippen LogP contribution < -0.4 is 21.2 Å². The van der Waals surface area contributed by atoms with Crippen LogP contribution in [0, 0.1) is 0 Å². The summed E-state index contributed by atoms with van der Waals surface area (Å²) >= 11 is 0. The zero-order chi connectivity index (χ0) is 35.6. The van der Waals surface area contributed by atoms with Gasteiger partial charge in [0.05, 0.1) is 44.8 Å². The summed E-state index contributed by atoms with van der Waals surface area (Å²) in [5.74, 6) is 14.5. The lowest BCUT2D eigenvalue weighted by Gasteiger charge is -2.09. The van der Waals surface area contributed by atoms with Gasteiger partial charge in [-0.3, -0.25) is 0 Å². The van der Waals surface area contributed by atoms with Crippen molar-refractivity contribution in [2.45, 2.75) is 13.2 Å². The lowest BCUT2D eigenvalue weighted by molar-refractivity contribution is -0.442. The van der Waals surface area contributed by atoms with Gasteiger partial charge >= 0.3 is 0 Å². The smallest absolute Gasteiger partial charge is 0.236 e. The van der Waals surface area contributed by atoms with Crippen LogP contribution in [0.15, 0.2) is 121 Å². The molecule has 4 aromatic heterocycles. The Hall–Kier alpha value is -7.34. The zero-order valence-electron chi connectivity index (χ0n) is 28.0. The van der Waals surface area contributed by atoms with Gasteiger partial charge in [-0.15, -0.1) is 0 Å². The van der Waals surface area contributed by atoms with E-state index in [0.717, 1.165) is 90.5 Å². The number of hydrazone groups is 2. The molecule has 254 valence electrons. The molecule has 0 aliphatic rings. The first-order chi connectivity index (χ1) is 25.3. The Balaban J connectivity index is 0.884. The topological polar surface area (TPSA) is 160 Å². The third kappa shape index (κ3) is 6.76. The van der Waals surface area contributed by atoms with E-state index in [-0.39, 0.29) is 0 Å². The highest BCUT2D eigenvalue weighted by molar-refractivity contribution is 5.82. The second-order valence-electron chi connectivity index (χ2n) is 12.2. The van der Waals surface area contributed by atoms with Gasteiger partial charge in [0.2, 0.25) is 11.4 Å². The van der Waals surface area contributed by atoms with Crippen LogP contribution in [-0.4, -0.2) is 52.7 Å². The fraction of sp³-hybridized carbons (Fsp3) is 0.0500. The Bertz CT molecular complexity index is 2410. The molecule has 8 aromatic rings. The molecule has 0 bridgehead atoms. The number of H-pyrrole nitrogens is 2. The number of ether oxygens (including phenoxy) is 2. The molecule has 0 unspecified atom stereocenters.